The molecule has 0 bridgehead atoms. The fourth-order valence-corrected chi connectivity index (χ4v) is 2.34. The minimum Gasteiger partial charge on any atom is -0.491 e. The first-order valence-corrected chi connectivity index (χ1v) is 8.15. The average molecular weight is 336 g/mol. The highest BCUT2D eigenvalue weighted by molar-refractivity contribution is 5.94. The molecule has 0 fully saturated rings. The highest BCUT2D eigenvalue weighted by Gasteiger charge is 2.07. The predicted molar refractivity (Wildman–Crippen MR) is 95.3 cm³/mol. The number of nitrogens with zero attached hydrogens (tertiary/aromatic N) is 1. The molecule has 0 saturated heterocycles. The SMILES string of the molecule is CC(C)Oc1ccc(C(=O)NCc2ccc(-c3ccco3)nc2)cc1. The first-order valence-electron chi connectivity index (χ1n) is 8.15. The van der Waals surface area contributed by atoms with E-state index in [4.69, 9.17) is 9.15 Å². The number of hydrogen-bond acceptors (Lipinski definition) is 4. The summed E-state index contributed by atoms with van der Waals surface area (Å²) in [5, 5.41) is 2.89. The van der Waals surface area contributed by atoms with Gasteiger partial charge in [0, 0.05) is 18.3 Å². The summed E-state index contributed by atoms with van der Waals surface area (Å²) in [6.07, 6.45) is 3.46. The summed E-state index contributed by atoms with van der Waals surface area (Å²) in [6, 6.07) is 14.6. The van der Waals surface area contributed by atoms with Crippen LogP contribution >= 0.6 is 0 Å². The molecule has 1 aromatic carbocycles. The van der Waals surface area contributed by atoms with E-state index in [2.05, 4.69) is 10.3 Å². The molecule has 0 unspecified atom stereocenters. The van der Waals surface area contributed by atoms with Gasteiger partial charge in [-0.15, -0.1) is 0 Å². The largest absolute Gasteiger partial charge is 0.491 e. The van der Waals surface area contributed by atoms with Gasteiger partial charge in [-0.05, 0) is 61.9 Å². The maximum atomic E-state index is 12.2. The number of carbonyl (C=O) groups excluding carboxylic acids is 1. The van der Waals surface area contributed by atoms with E-state index in [9.17, 15) is 4.79 Å². The average Bonchev–Trinajstić information content (AvgIpc) is 3.15. The van der Waals surface area contributed by atoms with Crippen molar-refractivity contribution in [1.29, 1.82) is 0 Å². The molecule has 0 aliphatic carbocycles. The predicted octanol–water partition coefficient (Wildman–Crippen LogP) is 4.06. The Morgan fingerprint density at radius 1 is 1.16 bits per heavy atom. The van der Waals surface area contributed by atoms with E-state index in [1.807, 2.05) is 38.1 Å². The molecule has 3 aromatic rings. The first-order chi connectivity index (χ1) is 12.1. The van der Waals surface area contributed by atoms with Crippen LogP contribution in [0.25, 0.3) is 11.5 Å². The Kier molecular flexibility index (Phi) is 5.14. The van der Waals surface area contributed by atoms with E-state index in [1.54, 1.807) is 36.7 Å². The van der Waals surface area contributed by atoms with Gasteiger partial charge in [0.15, 0.2) is 5.76 Å². The maximum absolute atomic E-state index is 12.2. The van der Waals surface area contributed by atoms with Crippen molar-refractivity contribution in [1.82, 2.24) is 10.3 Å². The standard InChI is InChI=1S/C20H20N2O3/c1-14(2)25-17-8-6-16(7-9-17)20(23)22-13-15-5-10-18(21-12-15)19-4-3-11-24-19/h3-12,14H,13H2,1-2H3,(H,22,23). The third-order valence-corrected chi connectivity index (χ3v) is 3.54. The van der Waals surface area contributed by atoms with Crippen LogP contribution in [0.5, 0.6) is 5.75 Å². The van der Waals surface area contributed by atoms with Crippen molar-refractivity contribution >= 4 is 5.91 Å². The Morgan fingerprint density at radius 3 is 2.56 bits per heavy atom. The lowest BCUT2D eigenvalue weighted by atomic mass is 10.2. The molecule has 0 saturated carbocycles. The summed E-state index contributed by atoms with van der Waals surface area (Å²) < 4.78 is 10.9. The fourth-order valence-electron chi connectivity index (χ4n) is 2.34. The fraction of sp³-hybridized carbons (Fsp3) is 0.200. The van der Waals surface area contributed by atoms with Gasteiger partial charge < -0.3 is 14.5 Å². The molecule has 1 N–H and O–H groups in total. The number of hydrogen-bond donors (Lipinski definition) is 1. The summed E-state index contributed by atoms with van der Waals surface area (Å²) in [5.74, 6) is 1.34. The van der Waals surface area contributed by atoms with E-state index < -0.39 is 0 Å². The second kappa shape index (κ2) is 7.66. The van der Waals surface area contributed by atoms with Gasteiger partial charge in [0.05, 0.1) is 12.4 Å². The van der Waals surface area contributed by atoms with E-state index in [0.717, 1.165) is 22.8 Å². The first kappa shape index (κ1) is 16.8. The Hall–Kier alpha value is -3.08. The van der Waals surface area contributed by atoms with Gasteiger partial charge in [0.2, 0.25) is 0 Å². The van der Waals surface area contributed by atoms with Crippen molar-refractivity contribution in [2.45, 2.75) is 26.5 Å². The summed E-state index contributed by atoms with van der Waals surface area (Å²) >= 11 is 0. The van der Waals surface area contributed by atoms with Gasteiger partial charge in [-0.2, -0.15) is 0 Å². The van der Waals surface area contributed by atoms with Crippen LogP contribution in [0.4, 0.5) is 0 Å². The van der Waals surface area contributed by atoms with Crippen molar-refractivity contribution in [2.24, 2.45) is 0 Å². The Bertz CT molecular complexity index is 807. The van der Waals surface area contributed by atoms with E-state index in [1.165, 1.54) is 0 Å². The number of rotatable bonds is 6. The van der Waals surface area contributed by atoms with E-state index in [-0.39, 0.29) is 12.0 Å². The van der Waals surface area contributed by atoms with Gasteiger partial charge in [-0.3, -0.25) is 9.78 Å². The van der Waals surface area contributed by atoms with E-state index >= 15 is 0 Å². The maximum Gasteiger partial charge on any atom is 0.251 e. The molecule has 0 radical (unpaired) electrons. The molecule has 0 aliphatic rings. The zero-order valence-corrected chi connectivity index (χ0v) is 14.2. The lowest BCUT2D eigenvalue weighted by Gasteiger charge is -2.10. The molecular formula is C20H20N2O3. The van der Waals surface area contributed by atoms with E-state index in [0.29, 0.717) is 12.1 Å². The molecule has 0 aliphatic heterocycles. The van der Waals surface area contributed by atoms with Gasteiger partial charge in [-0.25, -0.2) is 0 Å². The van der Waals surface area contributed by atoms with Crippen molar-refractivity contribution in [3.05, 3.63) is 72.1 Å². The Labute approximate surface area is 146 Å². The molecule has 2 heterocycles. The molecular weight excluding hydrogens is 316 g/mol. The van der Waals surface area contributed by atoms with Gasteiger partial charge >= 0.3 is 0 Å². The highest BCUT2D eigenvalue weighted by Crippen LogP contribution is 2.17. The number of benzene rings is 1. The van der Waals surface area contributed by atoms with Crippen molar-refractivity contribution in [3.63, 3.8) is 0 Å². The van der Waals surface area contributed by atoms with Crippen LogP contribution < -0.4 is 10.1 Å². The lowest BCUT2D eigenvalue weighted by Crippen LogP contribution is -2.22. The molecule has 5 heteroatoms. The number of carbonyl (C=O) groups is 1. The Morgan fingerprint density at radius 2 is 1.96 bits per heavy atom. The number of furan rings is 1. The van der Waals surface area contributed by atoms with Crippen molar-refractivity contribution in [2.75, 3.05) is 0 Å². The number of pyridine rings is 1. The van der Waals surface area contributed by atoms with Crippen LogP contribution in [-0.2, 0) is 6.54 Å². The van der Waals surface area contributed by atoms with Gasteiger partial charge in [0.1, 0.15) is 11.4 Å². The highest BCUT2D eigenvalue weighted by atomic mass is 16.5. The molecule has 25 heavy (non-hydrogen) atoms. The molecule has 2 aromatic heterocycles. The molecule has 128 valence electrons. The lowest BCUT2D eigenvalue weighted by molar-refractivity contribution is 0.0951. The van der Waals surface area contributed by atoms with Crippen LogP contribution in [0.1, 0.15) is 29.8 Å². The Balaban J connectivity index is 1.56. The smallest absolute Gasteiger partial charge is 0.251 e. The normalized spacial score (nSPS) is 10.7. The molecule has 0 atom stereocenters. The summed E-state index contributed by atoms with van der Waals surface area (Å²) in [5.41, 5.74) is 2.28. The van der Waals surface area contributed by atoms with Crippen molar-refractivity contribution < 1.29 is 13.9 Å². The van der Waals surface area contributed by atoms with Crippen molar-refractivity contribution in [3.8, 4) is 17.2 Å². The van der Waals surface area contributed by atoms with Gasteiger partial charge in [0.25, 0.3) is 5.91 Å². The quantitative estimate of drug-likeness (QED) is 0.737. The molecule has 0 spiro atoms. The zero-order chi connectivity index (χ0) is 17.6. The molecule has 3 rings (SSSR count). The molecule has 1 amide bonds. The van der Waals surface area contributed by atoms with Crippen LogP contribution in [0.15, 0.2) is 65.4 Å². The topological polar surface area (TPSA) is 64.4 Å². The number of ether oxygens (including phenoxy) is 1. The van der Waals surface area contributed by atoms with Crippen LogP contribution in [0.3, 0.4) is 0 Å². The monoisotopic (exact) mass is 336 g/mol. The van der Waals surface area contributed by atoms with Crippen LogP contribution in [0.2, 0.25) is 0 Å². The minimum absolute atomic E-state index is 0.108. The second-order valence-corrected chi connectivity index (χ2v) is 5.90. The third-order valence-electron chi connectivity index (χ3n) is 3.54. The molecule has 5 nitrogen and oxygen atoms in total. The summed E-state index contributed by atoms with van der Waals surface area (Å²) in [6.45, 7) is 4.34. The van der Waals surface area contributed by atoms with Crippen LogP contribution in [0, 0.1) is 0 Å². The van der Waals surface area contributed by atoms with Gasteiger partial charge in [-0.1, -0.05) is 6.07 Å². The number of amides is 1. The number of nitrogens with one attached hydrogen (secondary N) is 1. The van der Waals surface area contributed by atoms with Crippen LogP contribution in [-0.4, -0.2) is 17.0 Å². The second-order valence-electron chi connectivity index (χ2n) is 5.90. The summed E-state index contributed by atoms with van der Waals surface area (Å²) in [7, 11) is 0. The number of aromatic nitrogens is 1. The zero-order valence-electron chi connectivity index (χ0n) is 14.2. The summed E-state index contributed by atoms with van der Waals surface area (Å²) in [4.78, 5) is 16.6. The third kappa shape index (κ3) is 4.47. The minimum atomic E-state index is -0.133.